The van der Waals surface area contributed by atoms with E-state index >= 15 is 0 Å². The van der Waals surface area contributed by atoms with E-state index in [1.807, 2.05) is 0 Å². The van der Waals surface area contributed by atoms with Crippen LogP contribution < -0.4 is 4.72 Å². The van der Waals surface area contributed by atoms with Crippen molar-refractivity contribution in [2.24, 2.45) is 5.92 Å². The standard InChI is InChI=1S/C12H27N3O2S/c1-11(2)9-12(10-13-18(4,16)17)15-7-5-14(3)6-8-15/h11-13H,5-10H2,1-4H3. The highest BCUT2D eigenvalue weighted by molar-refractivity contribution is 7.88. The Morgan fingerprint density at radius 3 is 2.17 bits per heavy atom. The molecule has 1 fully saturated rings. The Kier molecular flexibility index (Phi) is 6.04. The van der Waals surface area contributed by atoms with E-state index in [9.17, 15) is 8.42 Å². The Balaban J connectivity index is 2.54. The smallest absolute Gasteiger partial charge is 0.208 e. The second kappa shape index (κ2) is 6.84. The second-order valence-corrected chi connectivity index (χ2v) is 7.58. The molecule has 1 atom stereocenters. The zero-order valence-corrected chi connectivity index (χ0v) is 12.8. The molecule has 0 bridgehead atoms. The first-order valence-corrected chi connectivity index (χ1v) is 8.54. The van der Waals surface area contributed by atoms with Crippen LogP contribution in [0.1, 0.15) is 20.3 Å². The van der Waals surface area contributed by atoms with Crippen molar-refractivity contribution in [3.05, 3.63) is 0 Å². The number of sulfonamides is 1. The maximum Gasteiger partial charge on any atom is 0.208 e. The number of hydrogen-bond donors (Lipinski definition) is 1. The lowest BCUT2D eigenvalue weighted by Gasteiger charge is -2.38. The van der Waals surface area contributed by atoms with Crippen LogP contribution in [0.15, 0.2) is 0 Å². The maximum atomic E-state index is 11.2. The average Bonchev–Trinajstić information content (AvgIpc) is 2.24. The van der Waals surface area contributed by atoms with Gasteiger partial charge in [0.05, 0.1) is 6.26 Å². The fourth-order valence-corrected chi connectivity index (χ4v) is 2.84. The monoisotopic (exact) mass is 277 g/mol. The Morgan fingerprint density at radius 2 is 1.72 bits per heavy atom. The van der Waals surface area contributed by atoms with E-state index in [4.69, 9.17) is 0 Å². The SMILES string of the molecule is CC(C)CC(CNS(C)(=O)=O)N1CCN(C)CC1. The first-order chi connectivity index (χ1) is 8.28. The molecule has 0 radical (unpaired) electrons. The summed E-state index contributed by atoms with van der Waals surface area (Å²) in [6.45, 7) is 9.08. The van der Waals surface area contributed by atoms with Gasteiger partial charge in [-0.15, -0.1) is 0 Å². The predicted molar refractivity (Wildman–Crippen MR) is 75.2 cm³/mol. The fourth-order valence-electron chi connectivity index (χ4n) is 2.34. The first kappa shape index (κ1) is 15.9. The molecule has 1 heterocycles. The lowest BCUT2D eigenvalue weighted by atomic mass is 10.0. The third kappa shape index (κ3) is 6.13. The molecule has 1 unspecified atom stereocenters. The van der Waals surface area contributed by atoms with Gasteiger partial charge < -0.3 is 4.90 Å². The molecule has 0 aromatic rings. The maximum absolute atomic E-state index is 11.2. The van der Waals surface area contributed by atoms with Gasteiger partial charge in [0.25, 0.3) is 0 Å². The third-order valence-electron chi connectivity index (χ3n) is 3.38. The Hall–Kier alpha value is -0.170. The lowest BCUT2D eigenvalue weighted by Crippen LogP contribution is -2.52. The molecule has 108 valence electrons. The topological polar surface area (TPSA) is 52.7 Å². The van der Waals surface area contributed by atoms with Crippen molar-refractivity contribution >= 4 is 10.0 Å². The molecule has 1 saturated heterocycles. The molecule has 1 N–H and O–H groups in total. The zero-order valence-electron chi connectivity index (χ0n) is 12.0. The van der Waals surface area contributed by atoms with Gasteiger partial charge in [-0.25, -0.2) is 13.1 Å². The van der Waals surface area contributed by atoms with Gasteiger partial charge in [-0.05, 0) is 19.4 Å². The van der Waals surface area contributed by atoms with Crippen LogP contribution in [0.2, 0.25) is 0 Å². The minimum absolute atomic E-state index is 0.313. The van der Waals surface area contributed by atoms with Gasteiger partial charge in [-0.2, -0.15) is 0 Å². The molecular weight excluding hydrogens is 250 g/mol. The summed E-state index contributed by atoms with van der Waals surface area (Å²) in [5.41, 5.74) is 0. The summed E-state index contributed by atoms with van der Waals surface area (Å²) >= 11 is 0. The minimum Gasteiger partial charge on any atom is -0.304 e. The van der Waals surface area contributed by atoms with Crippen LogP contribution in [-0.4, -0.2) is 70.3 Å². The van der Waals surface area contributed by atoms with E-state index in [0.29, 0.717) is 18.5 Å². The minimum atomic E-state index is -3.09. The van der Waals surface area contributed by atoms with Crippen LogP contribution in [-0.2, 0) is 10.0 Å². The van der Waals surface area contributed by atoms with Crippen molar-refractivity contribution in [2.75, 3.05) is 46.0 Å². The van der Waals surface area contributed by atoms with Crippen molar-refractivity contribution in [3.63, 3.8) is 0 Å². The molecule has 0 aliphatic carbocycles. The summed E-state index contributed by atoms with van der Waals surface area (Å²) in [6.07, 6.45) is 2.26. The van der Waals surface area contributed by atoms with Crippen LogP contribution in [0.4, 0.5) is 0 Å². The van der Waals surface area contributed by atoms with Gasteiger partial charge in [-0.1, -0.05) is 13.8 Å². The van der Waals surface area contributed by atoms with Gasteiger partial charge in [0.1, 0.15) is 0 Å². The zero-order chi connectivity index (χ0) is 13.8. The molecule has 0 amide bonds. The van der Waals surface area contributed by atoms with E-state index in [1.165, 1.54) is 6.26 Å². The van der Waals surface area contributed by atoms with Gasteiger partial charge in [0.2, 0.25) is 10.0 Å². The Labute approximate surface area is 112 Å². The van der Waals surface area contributed by atoms with Crippen LogP contribution >= 0.6 is 0 Å². The molecule has 5 nitrogen and oxygen atoms in total. The Morgan fingerprint density at radius 1 is 1.17 bits per heavy atom. The number of likely N-dealkylation sites (N-methyl/N-ethyl adjacent to an activating group) is 1. The number of rotatable bonds is 6. The van der Waals surface area contributed by atoms with Gasteiger partial charge in [0, 0.05) is 38.8 Å². The second-order valence-electron chi connectivity index (χ2n) is 5.74. The van der Waals surface area contributed by atoms with Crippen molar-refractivity contribution in [3.8, 4) is 0 Å². The highest BCUT2D eigenvalue weighted by Crippen LogP contribution is 2.13. The van der Waals surface area contributed by atoms with Crippen LogP contribution in [0.5, 0.6) is 0 Å². The van der Waals surface area contributed by atoms with Gasteiger partial charge in [0.15, 0.2) is 0 Å². The number of nitrogens with one attached hydrogen (secondary N) is 1. The summed E-state index contributed by atoms with van der Waals surface area (Å²) in [7, 11) is -0.963. The molecule has 0 saturated carbocycles. The van der Waals surface area contributed by atoms with E-state index in [2.05, 4.69) is 35.4 Å². The summed E-state index contributed by atoms with van der Waals surface area (Å²) < 4.78 is 25.1. The van der Waals surface area contributed by atoms with Gasteiger partial charge in [-0.3, -0.25) is 4.90 Å². The molecule has 0 spiro atoms. The van der Waals surface area contributed by atoms with Crippen molar-refractivity contribution in [2.45, 2.75) is 26.3 Å². The Bertz CT molecular complexity index is 335. The molecule has 6 heteroatoms. The first-order valence-electron chi connectivity index (χ1n) is 6.65. The van der Waals surface area contributed by atoms with Crippen molar-refractivity contribution in [1.29, 1.82) is 0 Å². The number of hydrogen-bond acceptors (Lipinski definition) is 4. The number of nitrogens with zero attached hydrogens (tertiary/aromatic N) is 2. The molecule has 1 rings (SSSR count). The van der Waals surface area contributed by atoms with Gasteiger partial charge >= 0.3 is 0 Å². The molecule has 0 aromatic heterocycles. The highest BCUT2D eigenvalue weighted by Gasteiger charge is 2.23. The molecule has 1 aliphatic rings. The predicted octanol–water partition coefficient (Wildman–Crippen LogP) is 0.198. The molecular formula is C12H27N3O2S. The van der Waals surface area contributed by atoms with Crippen LogP contribution in [0.3, 0.4) is 0 Å². The molecule has 18 heavy (non-hydrogen) atoms. The third-order valence-corrected chi connectivity index (χ3v) is 4.07. The summed E-state index contributed by atoms with van der Waals surface area (Å²) in [5, 5.41) is 0. The summed E-state index contributed by atoms with van der Waals surface area (Å²) in [6, 6.07) is 0.313. The lowest BCUT2D eigenvalue weighted by molar-refractivity contribution is 0.102. The van der Waals surface area contributed by atoms with Crippen molar-refractivity contribution < 1.29 is 8.42 Å². The molecule has 0 aromatic carbocycles. The number of piperazine rings is 1. The summed E-state index contributed by atoms with van der Waals surface area (Å²) in [5.74, 6) is 0.580. The van der Waals surface area contributed by atoms with Crippen LogP contribution in [0, 0.1) is 5.92 Å². The molecule has 1 aliphatic heterocycles. The quantitative estimate of drug-likeness (QED) is 0.753. The average molecular weight is 277 g/mol. The fraction of sp³-hybridized carbons (Fsp3) is 1.00. The van der Waals surface area contributed by atoms with E-state index < -0.39 is 10.0 Å². The van der Waals surface area contributed by atoms with E-state index in [0.717, 1.165) is 32.6 Å². The van der Waals surface area contributed by atoms with Crippen LogP contribution in [0.25, 0.3) is 0 Å². The van der Waals surface area contributed by atoms with E-state index in [1.54, 1.807) is 0 Å². The van der Waals surface area contributed by atoms with E-state index in [-0.39, 0.29) is 0 Å². The van der Waals surface area contributed by atoms with Crippen molar-refractivity contribution in [1.82, 2.24) is 14.5 Å². The normalized spacial score (nSPS) is 21.4. The largest absolute Gasteiger partial charge is 0.304 e. The summed E-state index contributed by atoms with van der Waals surface area (Å²) in [4.78, 5) is 4.73. The highest BCUT2D eigenvalue weighted by atomic mass is 32.2.